The molecule has 0 bridgehead atoms. The average molecular weight is 408 g/mol. The lowest BCUT2D eigenvalue weighted by Gasteiger charge is -2.31. The first-order chi connectivity index (χ1) is 14.1. The van der Waals surface area contributed by atoms with Crippen molar-refractivity contribution >= 4 is 23.4 Å². The van der Waals surface area contributed by atoms with Crippen molar-refractivity contribution in [2.45, 2.75) is 46.2 Å². The zero-order valence-corrected chi connectivity index (χ0v) is 18.0. The fourth-order valence-electron chi connectivity index (χ4n) is 3.54. The van der Waals surface area contributed by atoms with E-state index in [1.54, 1.807) is 29.2 Å². The topological polar surface area (TPSA) is 78.5 Å². The highest BCUT2D eigenvalue weighted by Gasteiger charge is 2.39. The number of hydrogen-bond acceptors (Lipinski definition) is 3. The summed E-state index contributed by atoms with van der Waals surface area (Å²) >= 11 is 0. The molecule has 3 rings (SSSR count). The van der Waals surface area contributed by atoms with Crippen molar-refractivity contribution in [1.82, 2.24) is 10.2 Å². The van der Waals surface area contributed by atoms with Crippen LogP contribution in [0.5, 0.6) is 0 Å². The fraction of sp³-hybridized carbons (Fsp3) is 0.375. The van der Waals surface area contributed by atoms with Crippen LogP contribution in [0.15, 0.2) is 48.5 Å². The van der Waals surface area contributed by atoms with Crippen molar-refractivity contribution in [3.8, 4) is 0 Å². The van der Waals surface area contributed by atoms with Crippen molar-refractivity contribution in [1.29, 1.82) is 0 Å². The first kappa shape index (κ1) is 21.6. The van der Waals surface area contributed by atoms with Gasteiger partial charge in [-0.2, -0.15) is 0 Å². The van der Waals surface area contributed by atoms with Crippen LogP contribution in [0, 0.1) is 12.8 Å². The van der Waals surface area contributed by atoms with Gasteiger partial charge in [0.1, 0.15) is 0 Å². The number of hydrogen-bond donors (Lipinski definition) is 2. The smallest absolute Gasteiger partial charge is 0.253 e. The molecular formula is C24H29N3O3. The Hall–Kier alpha value is -3.15. The van der Waals surface area contributed by atoms with Gasteiger partial charge in [-0.1, -0.05) is 42.0 Å². The second-order valence-corrected chi connectivity index (χ2v) is 8.78. The second-order valence-electron chi connectivity index (χ2n) is 8.78. The van der Waals surface area contributed by atoms with E-state index in [9.17, 15) is 14.4 Å². The zero-order valence-electron chi connectivity index (χ0n) is 18.0. The summed E-state index contributed by atoms with van der Waals surface area (Å²) in [5.74, 6) is -0.952. The highest BCUT2D eigenvalue weighted by molar-refractivity contribution is 6.05. The number of aryl methyl sites for hydroxylation is 1. The van der Waals surface area contributed by atoms with Crippen LogP contribution >= 0.6 is 0 Å². The number of carbonyl (C=O) groups excluding carboxylic acids is 3. The number of benzene rings is 2. The van der Waals surface area contributed by atoms with Gasteiger partial charge in [-0.25, -0.2) is 0 Å². The Balaban J connectivity index is 1.66. The molecule has 2 N–H and O–H groups in total. The van der Waals surface area contributed by atoms with Crippen LogP contribution in [0.25, 0.3) is 0 Å². The van der Waals surface area contributed by atoms with Crippen LogP contribution in [0.4, 0.5) is 5.69 Å². The Morgan fingerprint density at radius 3 is 2.37 bits per heavy atom. The van der Waals surface area contributed by atoms with Crippen molar-refractivity contribution in [2.75, 3.05) is 11.9 Å². The molecule has 0 radical (unpaired) electrons. The molecule has 1 aliphatic heterocycles. The molecule has 0 saturated carbocycles. The van der Waals surface area contributed by atoms with Crippen LogP contribution < -0.4 is 10.6 Å². The van der Waals surface area contributed by atoms with E-state index in [4.69, 9.17) is 0 Å². The Morgan fingerprint density at radius 1 is 1.07 bits per heavy atom. The minimum Gasteiger partial charge on any atom is -0.348 e. The summed E-state index contributed by atoms with van der Waals surface area (Å²) in [7, 11) is 0. The summed E-state index contributed by atoms with van der Waals surface area (Å²) in [6.07, 6.45) is 0.185. The molecule has 3 amide bonds. The van der Waals surface area contributed by atoms with E-state index in [1.165, 1.54) is 0 Å². The number of likely N-dealkylation sites (tertiary alicyclic amines) is 1. The second kappa shape index (κ2) is 8.69. The Kier molecular flexibility index (Phi) is 6.25. The van der Waals surface area contributed by atoms with Crippen molar-refractivity contribution < 1.29 is 14.4 Å². The monoisotopic (exact) mass is 407 g/mol. The summed E-state index contributed by atoms with van der Waals surface area (Å²) in [4.78, 5) is 39.5. The van der Waals surface area contributed by atoms with Crippen molar-refractivity contribution in [3.05, 3.63) is 65.2 Å². The van der Waals surface area contributed by atoms with Crippen LogP contribution in [0.3, 0.4) is 0 Å². The lowest BCUT2D eigenvalue weighted by molar-refractivity contribution is -0.131. The third-order valence-electron chi connectivity index (χ3n) is 5.31. The van der Waals surface area contributed by atoms with Crippen LogP contribution in [0.2, 0.25) is 0 Å². The first-order valence-corrected chi connectivity index (χ1v) is 10.2. The molecule has 0 spiro atoms. The molecule has 158 valence electrons. The largest absolute Gasteiger partial charge is 0.348 e. The molecule has 1 heterocycles. The molecule has 1 atom stereocenters. The summed E-state index contributed by atoms with van der Waals surface area (Å²) < 4.78 is 0. The van der Waals surface area contributed by atoms with E-state index < -0.39 is 5.92 Å². The van der Waals surface area contributed by atoms with Gasteiger partial charge in [0.25, 0.3) is 5.91 Å². The van der Waals surface area contributed by atoms with E-state index in [0.29, 0.717) is 24.3 Å². The maximum absolute atomic E-state index is 12.8. The van der Waals surface area contributed by atoms with E-state index in [-0.39, 0.29) is 29.7 Å². The van der Waals surface area contributed by atoms with Gasteiger partial charge in [-0.15, -0.1) is 0 Å². The van der Waals surface area contributed by atoms with Crippen molar-refractivity contribution in [3.63, 3.8) is 0 Å². The molecule has 30 heavy (non-hydrogen) atoms. The van der Waals surface area contributed by atoms with Gasteiger partial charge < -0.3 is 15.5 Å². The predicted octanol–water partition coefficient (Wildman–Crippen LogP) is 3.51. The molecule has 1 fully saturated rings. The number of rotatable bonds is 5. The predicted molar refractivity (Wildman–Crippen MR) is 117 cm³/mol. The van der Waals surface area contributed by atoms with E-state index in [1.807, 2.05) is 52.0 Å². The number of nitrogens with zero attached hydrogens (tertiary/aromatic N) is 1. The Bertz CT molecular complexity index is 945. The molecule has 2 aromatic rings. The third kappa shape index (κ3) is 5.06. The molecule has 1 saturated heterocycles. The van der Waals surface area contributed by atoms with Gasteiger partial charge in [-0.05, 0) is 45.4 Å². The van der Waals surface area contributed by atoms with Crippen LogP contribution in [-0.4, -0.2) is 34.7 Å². The molecular weight excluding hydrogens is 378 g/mol. The Labute approximate surface area is 177 Å². The van der Waals surface area contributed by atoms with Crippen LogP contribution in [-0.2, 0) is 16.1 Å². The van der Waals surface area contributed by atoms with E-state index in [2.05, 4.69) is 10.6 Å². The quantitative estimate of drug-likeness (QED) is 0.796. The third-order valence-corrected chi connectivity index (χ3v) is 5.31. The molecule has 2 aromatic carbocycles. The summed E-state index contributed by atoms with van der Waals surface area (Å²) in [6, 6.07) is 14.9. The molecule has 1 unspecified atom stereocenters. The molecule has 1 aliphatic rings. The highest BCUT2D eigenvalue weighted by atomic mass is 16.2. The minimum atomic E-state index is -0.430. The average Bonchev–Trinajstić information content (AvgIpc) is 3.10. The number of anilines is 1. The van der Waals surface area contributed by atoms with E-state index in [0.717, 1.165) is 11.1 Å². The van der Waals surface area contributed by atoms with Gasteiger partial charge in [0.2, 0.25) is 11.8 Å². The molecule has 0 aliphatic carbocycles. The zero-order chi connectivity index (χ0) is 21.9. The lowest BCUT2D eigenvalue weighted by Crippen LogP contribution is -2.42. The summed E-state index contributed by atoms with van der Waals surface area (Å²) in [6.45, 7) is 8.67. The van der Waals surface area contributed by atoms with Crippen LogP contribution in [0.1, 0.15) is 48.7 Å². The lowest BCUT2D eigenvalue weighted by atomic mass is 10.1. The Morgan fingerprint density at radius 2 is 1.73 bits per heavy atom. The molecule has 6 nitrogen and oxygen atoms in total. The van der Waals surface area contributed by atoms with Gasteiger partial charge >= 0.3 is 0 Å². The number of amides is 3. The normalized spacial score (nSPS) is 16.5. The van der Waals surface area contributed by atoms with Gasteiger partial charge in [0.05, 0.1) is 17.2 Å². The number of carbonyl (C=O) groups is 3. The molecule has 0 aromatic heterocycles. The van der Waals surface area contributed by atoms with Gasteiger partial charge in [0.15, 0.2) is 0 Å². The SMILES string of the molecule is Cc1ccc(CNC(=O)c2ccccc2NC(=O)C2CC(=O)N(C(C)(C)C)C2)cc1. The maximum atomic E-state index is 12.8. The first-order valence-electron chi connectivity index (χ1n) is 10.2. The minimum absolute atomic E-state index is 0.0215. The summed E-state index contributed by atoms with van der Waals surface area (Å²) in [5.41, 5.74) is 2.69. The summed E-state index contributed by atoms with van der Waals surface area (Å²) in [5, 5.41) is 5.75. The van der Waals surface area contributed by atoms with Crippen molar-refractivity contribution in [2.24, 2.45) is 5.92 Å². The van der Waals surface area contributed by atoms with Gasteiger partial charge in [-0.3, -0.25) is 14.4 Å². The standard InChI is InChI=1S/C24H29N3O3/c1-16-9-11-17(12-10-16)14-25-23(30)19-7-5-6-8-20(19)26-22(29)18-13-21(28)27(15-18)24(2,3)4/h5-12,18H,13-15H2,1-4H3,(H,25,30)(H,26,29). The number of nitrogens with one attached hydrogen (secondary N) is 2. The molecule has 6 heteroatoms. The fourth-order valence-corrected chi connectivity index (χ4v) is 3.54. The van der Waals surface area contributed by atoms with E-state index >= 15 is 0 Å². The maximum Gasteiger partial charge on any atom is 0.253 e. The highest BCUT2D eigenvalue weighted by Crippen LogP contribution is 2.27. The number of para-hydroxylation sites is 1. The van der Waals surface area contributed by atoms with Gasteiger partial charge in [0, 0.05) is 25.0 Å².